The second-order valence-corrected chi connectivity index (χ2v) is 4.98. The van der Waals surface area contributed by atoms with Crippen molar-refractivity contribution in [3.8, 4) is 0 Å². The van der Waals surface area contributed by atoms with Crippen LogP contribution in [0, 0.1) is 0 Å². The quantitative estimate of drug-likeness (QED) is 0.833. The summed E-state index contributed by atoms with van der Waals surface area (Å²) in [4.78, 5) is 5.44. The molecule has 1 atom stereocenters. The minimum Gasteiger partial charge on any atom is -0.281 e. The lowest BCUT2D eigenvalue weighted by molar-refractivity contribution is -0.131. The van der Waals surface area contributed by atoms with E-state index in [2.05, 4.69) is 0 Å². The van der Waals surface area contributed by atoms with Gasteiger partial charge in [0.25, 0.3) is 0 Å². The van der Waals surface area contributed by atoms with E-state index >= 15 is 0 Å². The lowest BCUT2D eigenvalue weighted by Crippen LogP contribution is -2.23. The molecule has 1 N–H and O–H groups in total. The Kier molecular flexibility index (Phi) is 3.19. The fourth-order valence-corrected chi connectivity index (χ4v) is 2.40. The van der Waals surface area contributed by atoms with Gasteiger partial charge in [-0.25, -0.2) is 5.06 Å². The SMILES string of the molecule is CCN1OC(c2ccccc2)C=C1S(=O)(=O)O. The Morgan fingerprint density at radius 1 is 1.35 bits per heavy atom. The summed E-state index contributed by atoms with van der Waals surface area (Å²) in [5.74, 6) is 0. The minimum absolute atomic E-state index is 0.200. The van der Waals surface area contributed by atoms with E-state index in [1.165, 1.54) is 11.1 Å². The molecule has 0 amide bonds. The maximum atomic E-state index is 11.1. The monoisotopic (exact) mass is 255 g/mol. The number of hydrogen-bond donors (Lipinski definition) is 1. The molecule has 92 valence electrons. The molecule has 0 aliphatic carbocycles. The summed E-state index contributed by atoms with van der Waals surface area (Å²) < 4.78 is 31.4. The third-order valence-electron chi connectivity index (χ3n) is 2.46. The summed E-state index contributed by atoms with van der Waals surface area (Å²) in [6, 6.07) is 9.22. The van der Waals surface area contributed by atoms with Gasteiger partial charge in [-0.15, -0.1) is 0 Å². The molecule has 0 radical (unpaired) electrons. The Hall–Kier alpha value is -1.37. The van der Waals surface area contributed by atoms with Crippen LogP contribution in [0.25, 0.3) is 0 Å². The first-order chi connectivity index (χ1) is 8.02. The van der Waals surface area contributed by atoms with Gasteiger partial charge in [0.05, 0.1) is 0 Å². The molecular weight excluding hydrogens is 242 g/mol. The Morgan fingerprint density at radius 2 is 2.00 bits per heavy atom. The van der Waals surface area contributed by atoms with Gasteiger partial charge in [-0.3, -0.25) is 9.39 Å². The molecule has 1 aliphatic rings. The highest BCUT2D eigenvalue weighted by molar-refractivity contribution is 7.89. The zero-order valence-corrected chi connectivity index (χ0v) is 10.1. The molecule has 6 heteroatoms. The highest BCUT2D eigenvalue weighted by Gasteiger charge is 2.31. The molecule has 1 aliphatic heterocycles. The zero-order chi connectivity index (χ0) is 12.5. The van der Waals surface area contributed by atoms with Gasteiger partial charge in [0.15, 0.2) is 5.03 Å². The Morgan fingerprint density at radius 3 is 2.47 bits per heavy atom. The number of benzene rings is 1. The molecule has 0 fully saturated rings. The highest BCUT2D eigenvalue weighted by atomic mass is 32.2. The lowest BCUT2D eigenvalue weighted by Gasteiger charge is -2.18. The molecule has 0 saturated carbocycles. The van der Waals surface area contributed by atoms with Crippen LogP contribution in [0.2, 0.25) is 0 Å². The fraction of sp³-hybridized carbons (Fsp3) is 0.273. The average molecular weight is 255 g/mol. The predicted molar refractivity (Wildman–Crippen MR) is 62.3 cm³/mol. The number of hydroxylamine groups is 2. The van der Waals surface area contributed by atoms with Crippen LogP contribution in [0.15, 0.2) is 41.4 Å². The summed E-state index contributed by atoms with van der Waals surface area (Å²) in [6.45, 7) is 2.08. The predicted octanol–water partition coefficient (Wildman–Crippen LogP) is 1.72. The maximum Gasteiger partial charge on any atom is 0.311 e. The normalized spacial score (nSPS) is 20.5. The molecule has 17 heavy (non-hydrogen) atoms. The zero-order valence-electron chi connectivity index (χ0n) is 9.28. The van der Waals surface area contributed by atoms with E-state index in [1.54, 1.807) is 6.92 Å². The van der Waals surface area contributed by atoms with Crippen LogP contribution in [0.3, 0.4) is 0 Å². The van der Waals surface area contributed by atoms with Crippen molar-refractivity contribution in [3.05, 3.63) is 47.0 Å². The van der Waals surface area contributed by atoms with E-state index in [1.807, 2.05) is 30.3 Å². The molecule has 5 nitrogen and oxygen atoms in total. The van der Waals surface area contributed by atoms with Gasteiger partial charge in [0, 0.05) is 6.54 Å². The molecule has 1 heterocycles. The molecule has 1 unspecified atom stereocenters. The van der Waals surface area contributed by atoms with Crippen molar-refractivity contribution in [1.82, 2.24) is 5.06 Å². The van der Waals surface area contributed by atoms with Gasteiger partial charge in [-0.1, -0.05) is 30.3 Å². The average Bonchev–Trinajstić information content (AvgIpc) is 2.74. The van der Waals surface area contributed by atoms with E-state index in [4.69, 9.17) is 9.39 Å². The van der Waals surface area contributed by atoms with Crippen molar-refractivity contribution in [2.45, 2.75) is 13.0 Å². The molecule has 0 spiro atoms. The Labute approximate surface area is 100 Å². The van der Waals surface area contributed by atoms with Crippen molar-refractivity contribution in [2.75, 3.05) is 6.54 Å². The molecule has 1 aromatic rings. The topological polar surface area (TPSA) is 66.8 Å². The first-order valence-corrected chi connectivity index (χ1v) is 6.65. The van der Waals surface area contributed by atoms with Gasteiger partial charge in [-0.05, 0) is 18.6 Å². The fourth-order valence-electron chi connectivity index (χ4n) is 1.68. The standard InChI is InChI=1S/C11H13NO4S/c1-2-12-11(17(13,14)15)8-10(16-12)9-6-4-3-5-7-9/h3-8,10H,2H2,1H3,(H,13,14,15). The first-order valence-electron chi connectivity index (χ1n) is 5.21. The molecule has 2 rings (SSSR count). The second-order valence-electron chi connectivity index (χ2n) is 3.61. The van der Waals surface area contributed by atoms with Gasteiger partial charge in [0.1, 0.15) is 6.10 Å². The number of rotatable bonds is 3. The Bertz CT molecular complexity index is 524. The van der Waals surface area contributed by atoms with Crippen LogP contribution >= 0.6 is 0 Å². The summed E-state index contributed by atoms with van der Waals surface area (Å²) in [5, 5.41) is 0.973. The van der Waals surface area contributed by atoms with E-state index in [-0.39, 0.29) is 5.03 Å². The number of nitrogens with zero attached hydrogens (tertiary/aromatic N) is 1. The van der Waals surface area contributed by atoms with Crippen molar-refractivity contribution in [3.63, 3.8) is 0 Å². The lowest BCUT2D eigenvalue weighted by atomic mass is 10.1. The minimum atomic E-state index is -4.24. The van der Waals surface area contributed by atoms with Crippen LogP contribution in [0.4, 0.5) is 0 Å². The summed E-state index contributed by atoms with van der Waals surface area (Å²) in [6.07, 6.45) is 0.918. The maximum absolute atomic E-state index is 11.1. The van der Waals surface area contributed by atoms with Gasteiger partial charge in [-0.2, -0.15) is 8.42 Å². The summed E-state index contributed by atoms with van der Waals surface area (Å²) >= 11 is 0. The first kappa shape index (κ1) is 12.1. The van der Waals surface area contributed by atoms with E-state index in [0.717, 1.165) is 5.56 Å². The van der Waals surface area contributed by atoms with Crippen LogP contribution in [-0.2, 0) is 15.0 Å². The molecule has 0 bridgehead atoms. The van der Waals surface area contributed by atoms with Crippen LogP contribution in [0.5, 0.6) is 0 Å². The summed E-state index contributed by atoms with van der Waals surface area (Å²) in [7, 11) is -4.24. The van der Waals surface area contributed by atoms with Gasteiger partial charge >= 0.3 is 10.1 Å². The molecule has 0 saturated heterocycles. The van der Waals surface area contributed by atoms with Gasteiger partial charge < -0.3 is 0 Å². The van der Waals surface area contributed by atoms with Crippen LogP contribution in [0.1, 0.15) is 18.6 Å². The Balaban J connectivity index is 2.34. The second kappa shape index (κ2) is 4.48. The van der Waals surface area contributed by atoms with Crippen molar-refractivity contribution in [1.29, 1.82) is 0 Å². The van der Waals surface area contributed by atoms with E-state index in [0.29, 0.717) is 6.54 Å². The van der Waals surface area contributed by atoms with Gasteiger partial charge in [0.2, 0.25) is 0 Å². The number of hydrogen-bond acceptors (Lipinski definition) is 4. The highest BCUT2D eigenvalue weighted by Crippen LogP contribution is 2.31. The van der Waals surface area contributed by atoms with E-state index < -0.39 is 16.2 Å². The third-order valence-corrected chi connectivity index (χ3v) is 3.33. The van der Waals surface area contributed by atoms with Crippen molar-refractivity contribution < 1.29 is 17.8 Å². The smallest absolute Gasteiger partial charge is 0.281 e. The van der Waals surface area contributed by atoms with E-state index in [9.17, 15) is 8.42 Å². The summed E-state index contributed by atoms with van der Waals surface area (Å²) in [5.41, 5.74) is 0.838. The molecule has 1 aromatic carbocycles. The third kappa shape index (κ3) is 2.49. The van der Waals surface area contributed by atoms with Crippen molar-refractivity contribution in [2.24, 2.45) is 0 Å². The molecule has 0 aromatic heterocycles. The van der Waals surface area contributed by atoms with Crippen molar-refractivity contribution >= 4 is 10.1 Å². The molecular formula is C11H13NO4S. The van der Waals surface area contributed by atoms with Crippen LogP contribution in [-0.4, -0.2) is 24.6 Å². The largest absolute Gasteiger partial charge is 0.311 e. The van der Waals surface area contributed by atoms with Crippen LogP contribution < -0.4 is 0 Å².